The number of fused-ring (bicyclic) bond motifs is 1. The van der Waals surface area contributed by atoms with Crippen molar-refractivity contribution in [1.82, 2.24) is 0 Å². The van der Waals surface area contributed by atoms with Gasteiger partial charge in [0, 0.05) is 47.5 Å². The molecule has 0 aromatic heterocycles. The number of ether oxygens (including phenoxy) is 9. The molecule has 0 aromatic carbocycles. The van der Waals surface area contributed by atoms with Crippen LogP contribution in [0.2, 0.25) is 0 Å². The van der Waals surface area contributed by atoms with Gasteiger partial charge in [-0.1, -0.05) is 0 Å². The first-order valence-electron chi connectivity index (χ1n) is 13.1. The molecule has 0 unspecified atom stereocenters. The number of carbonyl (C=O) groups excluding carboxylic acids is 6. The summed E-state index contributed by atoms with van der Waals surface area (Å²) in [6.45, 7) is 6.34. The van der Waals surface area contributed by atoms with Crippen molar-refractivity contribution in [3.8, 4) is 0 Å². The maximum atomic E-state index is 12.1. The summed E-state index contributed by atoms with van der Waals surface area (Å²) in [5, 5.41) is 0. The maximum Gasteiger partial charge on any atom is 0.303 e. The topological polar surface area (TPSA) is 185 Å². The van der Waals surface area contributed by atoms with E-state index in [9.17, 15) is 28.8 Å². The predicted molar refractivity (Wildman–Crippen MR) is 134 cm³/mol. The van der Waals surface area contributed by atoms with E-state index in [1.165, 1.54) is 20.1 Å². The summed E-state index contributed by atoms with van der Waals surface area (Å²) in [6, 6.07) is 0. The molecule has 15 heteroatoms. The highest BCUT2D eigenvalue weighted by Gasteiger charge is 2.55. The summed E-state index contributed by atoms with van der Waals surface area (Å²) >= 11 is 0. The van der Waals surface area contributed by atoms with Crippen LogP contribution in [0.1, 0.15) is 41.5 Å². The van der Waals surface area contributed by atoms with Crippen LogP contribution in [-0.4, -0.2) is 92.1 Å². The lowest BCUT2D eigenvalue weighted by molar-refractivity contribution is -0.342. The SMILES string of the molecule is CC(=O)OCC1=C[C@@H](OC(C)=O)[C@@H]2C=CO[C@H](O[C@@H]3O[C@H](COC(C)=O)[C@@H](OC(C)=O)[C@H](OC(C)=O)[C@@H]3OC(C)=O)[C@@H]12. The molecule has 2 heterocycles. The number of rotatable bonds is 10. The molecule has 1 aliphatic carbocycles. The zero-order chi connectivity index (χ0) is 31.1. The molecule has 3 rings (SSSR count). The summed E-state index contributed by atoms with van der Waals surface area (Å²) < 4.78 is 49.9. The molecule has 1 fully saturated rings. The summed E-state index contributed by atoms with van der Waals surface area (Å²) in [5.74, 6) is -5.31. The van der Waals surface area contributed by atoms with Crippen molar-refractivity contribution in [3.63, 3.8) is 0 Å². The third-order valence-electron chi connectivity index (χ3n) is 6.37. The van der Waals surface area contributed by atoms with Crippen molar-refractivity contribution in [2.45, 2.75) is 84.6 Å². The maximum absolute atomic E-state index is 12.1. The first kappa shape index (κ1) is 32.5. The van der Waals surface area contributed by atoms with Crippen molar-refractivity contribution in [2.75, 3.05) is 13.2 Å². The number of esters is 6. The second kappa shape index (κ2) is 14.3. The van der Waals surface area contributed by atoms with Crippen LogP contribution in [0, 0.1) is 11.8 Å². The highest BCUT2D eigenvalue weighted by molar-refractivity contribution is 5.69. The van der Waals surface area contributed by atoms with Gasteiger partial charge in [-0.25, -0.2) is 0 Å². The van der Waals surface area contributed by atoms with E-state index in [0.717, 1.165) is 27.7 Å². The summed E-state index contributed by atoms with van der Waals surface area (Å²) in [7, 11) is 0. The molecular formula is C27H34O15. The Hall–Kier alpha value is -3.98. The molecule has 0 spiro atoms. The third-order valence-corrected chi connectivity index (χ3v) is 6.37. The Morgan fingerprint density at radius 1 is 0.690 bits per heavy atom. The molecule has 3 aliphatic rings. The van der Waals surface area contributed by atoms with E-state index in [-0.39, 0.29) is 6.61 Å². The molecule has 42 heavy (non-hydrogen) atoms. The van der Waals surface area contributed by atoms with E-state index in [1.807, 2.05) is 0 Å². The van der Waals surface area contributed by atoms with Crippen LogP contribution >= 0.6 is 0 Å². The van der Waals surface area contributed by atoms with Gasteiger partial charge in [0.05, 0.1) is 12.2 Å². The fraction of sp³-hybridized carbons (Fsp3) is 0.630. The van der Waals surface area contributed by atoms with Crippen molar-refractivity contribution < 1.29 is 71.4 Å². The van der Waals surface area contributed by atoms with Gasteiger partial charge in [0.25, 0.3) is 0 Å². The molecule has 2 aliphatic heterocycles. The Bertz CT molecular complexity index is 1130. The van der Waals surface area contributed by atoms with Crippen LogP contribution in [0.15, 0.2) is 24.0 Å². The highest BCUT2D eigenvalue weighted by Crippen LogP contribution is 2.43. The minimum Gasteiger partial charge on any atom is -0.472 e. The number of carbonyl (C=O) groups is 6. The predicted octanol–water partition coefficient (Wildman–Crippen LogP) is 0.623. The molecule has 232 valence electrons. The van der Waals surface area contributed by atoms with E-state index in [0.29, 0.717) is 5.57 Å². The molecule has 9 atom stereocenters. The van der Waals surface area contributed by atoms with Gasteiger partial charge in [0.15, 0.2) is 18.3 Å². The van der Waals surface area contributed by atoms with E-state index < -0.39 is 97.4 Å². The zero-order valence-corrected chi connectivity index (χ0v) is 24.0. The van der Waals surface area contributed by atoms with E-state index in [4.69, 9.17) is 42.6 Å². The average molecular weight is 599 g/mol. The van der Waals surface area contributed by atoms with Crippen LogP contribution in [0.5, 0.6) is 0 Å². The van der Waals surface area contributed by atoms with Crippen molar-refractivity contribution in [3.05, 3.63) is 24.0 Å². The quantitative estimate of drug-likeness (QED) is 0.193. The lowest BCUT2D eigenvalue weighted by atomic mass is 9.88. The molecule has 15 nitrogen and oxygen atoms in total. The Balaban J connectivity index is 1.99. The first-order valence-corrected chi connectivity index (χ1v) is 13.1. The summed E-state index contributed by atoms with van der Waals surface area (Å²) in [4.78, 5) is 71.1. The standard InChI is InChI=1S/C27H34O15/c1-12(28)35-10-18-9-20(37-14(3)30)19-7-8-34-26(22(18)19)42-27-25(40-17(6)33)24(39-16(5)32)23(38-15(4)31)21(41-27)11-36-13(2)29/h7-9,19-27H,10-11H2,1-6H3/t19-,20+,21+,22-,23+,24-,25-,26+,27-/m0/s1. The first-order chi connectivity index (χ1) is 19.8. The molecule has 0 radical (unpaired) electrons. The van der Waals surface area contributed by atoms with Gasteiger partial charge >= 0.3 is 35.8 Å². The molecule has 0 amide bonds. The van der Waals surface area contributed by atoms with E-state index in [1.54, 1.807) is 12.2 Å². The molecule has 0 N–H and O–H groups in total. The molecule has 0 bridgehead atoms. The van der Waals surface area contributed by atoms with Crippen molar-refractivity contribution in [1.29, 1.82) is 0 Å². The van der Waals surface area contributed by atoms with Crippen LogP contribution < -0.4 is 0 Å². The molecular weight excluding hydrogens is 564 g/mol. The Morgan fingerprint density at radius 3 is 1.83 bits per heavy atom. The Morgan fingerprint density at radius 2 is 1.26 bits per heavy atom. The van der Waals surface area contributed by atoms with E-state index in [2.05, 4.69) is 0 Å². The Labute approximate surface area is 241 Å². The largest absolute Gasteiger partial charge is 0.472 e. The highest BCUT2D eigenvalue weighted by atomic mass is 16.8. The second-order valence-corrected chi connectivity index (χ2v) is 9.74. The number of hydrogen-bond donors (Lipinski definition) is 0. The van der Waals surface area contributed by atoms with Gasteiger partial charge in [0.2, 0.25) is 12.6 Å². The van der Waals surface area contributed by atoms with Crippen LogP contribution in [-0.2, 0) is 71.4 Å². The van der Waals surface area contributed by atoms with E-state index >= 15 is 0 Å². The molecule has 1 saturated heterocycles. The fourth-order valence-corrected chi connectivity index (χ4v) is 4.95. The van der Waals surface area contributed by atoms with Crippen molar-refractivity contribution >= 4 is 35.8 Å². The van der Waals surface area contributed by atoms with Crippen LogP contribution in [0.3, 0.4) is 0 Å². The average Bonchev–Trinajstić information content (AvgIpc) is 3.22. The number of hydrogen-bond acceptors (Lipinski definition) is 15. The normalized spacial score (nSPS) is 31.4. The van der Waals surface area contributed by atoms with Gasteiger partial charge in [-0.3, -0.25) is 28.8 Å². The summed E-state index contributed by atoms with van der Waals surface area (Å²) in [5.41, 5.74) is 0.515. The minimum absolute atomic E-state index is 0.163. The summed E-state index contributed by atoms with van der Waals surface area (Å²) in [6.07, 6.45) is -4.37. The monoisotopic (exact) mass is 598 g/mol. The van der Waals surface area contributed by atoms with Crippen molar-refractivity contribution in [2.24, 2.45) is 11.8 Å². The Kier molecular flexibility index (Phi) is 11.1. The van der Waals surface area contributed by atoms with Crippen LogP contribution in [0.25, 0.3) is 0 Å². The van der Waals surface area contributed by atoms with Crippen LogP contribution in [0.4, 0.5) is 0 Å². The van der Waals surface area contributed by atoms with Gasteiger partial charge in [-0.15, -0.1) is 0 Å². The van der Waals surface area contributed by atoms with Gasteiger partial charge in [-0.2, -0.15) is 0 Å². The molecule has 0 saturated carbocycles. The molecule has 0 aromatic rings. The lowest BCUT2D eigenvalue weighted by Crippen LogP contribution is -2.63. The smallest absolute Gasteiger partial charge is 0.303 e. The zero-order valence-electron chi connectivity index (χ0n) is 24.0. The minimum atomic E-state index is -1.52. The van der Waals surface area contributed by atoms with Gasteiger partial charge in [0.1, 0.15) is 25.4 Å². The second-order valence-electron chi connectivity index (χ2n) is 9.74. The van der Waals surface area contributed by atoms with Gasteiger partial charge in [-0.05, 0) is 17.7 Å². The fourth-order valence-electron chi connectivity index (χ4n) is 4.95. The third kappa shape index (κ3) is 8.52. The van der Waals surface area contributed by atoms with Gasteiger partial charge < -0.3 is 42.6 Å². The lowest BCUT2D eigenvalue weighted by Gasteiger charge is -2.45.